The van der Waals surface area contributed by atoms with Crippen LogP contribution in [-0.4, -0.2) is 64.1 Å². The van der Waals surface area contributed by atoms with Crippen LogP contribution in [0.15, 0.2) is 0 Å². The molecule has 4 heteroatoms. The summed E-state index contributed by atoms with van der Waals surface area (Å²) in [7, 11) is 3.56. The van der Waals surface area contributed by atoms with Crippen molar-refractivity contribution in [3.05, 3.63) is 0 Å². The zero-order valence-corrected chi connectivity index (χ0v) is 13.2. The summed E-state index contributed by atoms with van der Waals surface area (Å²) in [6.45, 7) is 9.43. The summed E-state index contributed by atoms with van der Waals surface area (Å²) in [5.74, 6) is 0.807. The number of methoxy groups -OCH3 is 2. The van der Waals surface area contributed by atoms with E-state index in [1.807, 2.05) is 0 Å². The van der Waals surface area contributed by atoms with E-state index in [-0.39, 0.29) is 0 Å². The summed E-state index contributed by atoms with van der Waals surface area (Å²) < 4.78 is 10.4. The SMILES string of the molecule is COCCCN(CCOC)C1CCC1CNC(C)C. The van der Waals surface area contributed by atoms with Gasteiger partial charge in [0.2, 0.25) is 0 Å². The molecule has 1 N–H and O–H groups in total. The summed E-state index contributed by atoms with van der Waals surface area (Å²) >= 11 is 0. The quantitative estimate of drug-likeness (QED) is 0.581. The third-order valence-corrected chi connectivity index (χ3v) is 4.01. The Hall–Kier alpha value is -0.160. The topological polar surface area (TPSA) is 33.7 Å². The van der Waals surface area contributed by atoms with Crippen LogP contribution in [0.4, 0.5) is 0 Å². The van der Waals surface area contributed by atoms with Crippen molar-refractivity contribution in [1.82, 2.24) is 10.2 Å². The van der Waals surface area contributed by atoms with E-state index >= 15 is 0 Å². The highest BCUT2D eigenvalue weighted by Crippen LogP contribution is 2.31. The fourth-order valence-corrected chi connectivity index (χ4v) is 2.72. The lowest BCUT2D eigenvalue weighted by molar-refractivity contribution is 0.0333. The summed E-state index contributed by atoms with van der Waals surface area (Å²) in [6.07, 6.45) is 3.81. The molecule has 1 aliphatic rings. The van der Waals surface area contributed by atoms with Crippen molar-refractivity contribution in [2.45, 2.75) is 45.2 Å². The molecule has 0 aromatic heterocycles. The molecule has 0 amide bonds. The van der Waals surface area contributed by atoms with Crippen LogP contribution in [0.2, 0.25) is 0 Å². The van der Waals surface area contributed by atoms with Gasteiger partial charge in [0.15, 0.2) is 0 Å². The van der Waals surface area contributed by atoms with Gasteiger partial charge in [-0.25, -0.2) is 0 Å². The fraction of sp³-hybridized carbons (Fsp3) is 1.00. The van der Waals surface area contributed by atoms with Crippen molar-refractivity contribution in [2.24, 2.45) is 5.92 Å². The van der Waals surface area contributed by atoms with Crippen LogP contribution in [0.5, 0.6) is 0 Å². The first-order valence-electron chi connectivity index (χ1n) is 7.64. The number of rotatable bonds is 11. The molecule has 2 atom stereocenters. The van der Waals surface area contributed by atoms with Gasteiger partial charge in [-0.3, -0.25) is 4.90 Å². The average Bonchev–Trinajstić information content (AvgIpc) is 2.34. The average molecular weight is 272 g/mol. The predicted octanol–water partition coefficient (Wildman–Crippen LogP) is 1.75. The van der Waals surface area contributed by atoms with Crippen molar-refractivity contribution in [3.63, 3.8) is 0 Å². The Morgan fingerprint density at radius 2 is 1.84 bits per heavy atom. The van der Waals surface area contributed by atoms with Crippen molar-refractivity contribution in [1.29, 1.82) is 0 Å². The van der Waals surface area contributed by atoms with Gasteiger partial charge in [-0.05, 0) is 31.7 Å². The molecule has 0 aromatic carbocycles. The first-order chi connectivity index (χ1) is 9.19. The summed E-state index contributed by atoms with van der Waals surface area (Å²) in [5, 5.41) is 3.57. The number of hydrogen-bond acceptors (Lipinski definition) is 4. The molecule has 1 rings (SSSR count). The molecule has 2 unspecified atom stereocenters. The zero-order chi connectivity index (χ0) is 14.1. The maximum Gasteiger partial charge on any atom is 0.0589 e. The number of nitrogens with one attached hydrogen (secondary N) is 1. The Morgan fingerprint density at radius 1 is 1.11 bits per heavy atom. The molecule has 114 valence electrons. The summed E-state index contributed by atoms with van der Waals surface area (Å²) in [4.78, 5) is 2.60. The van der Waals surface area contributed by atoms with Crippen molar-refractivity contribution < 1.29 is 9.47 Å². The van der Waals surface area contributed by atoms with Gasteiger partial charge in [-0.2, -0.15) is 0 Å². The molecule has 0 bridgehead atoms. The Bertz CT molecular complexity index is 224. The number of nitrogens with zero attached hydrogens (tertiary/aromatic N) is 1. The minimum Gasteiger partial charge on any atom is -0.385 e. The lowest BCUT2D eigenvalue weighted by Crippen LogP contribution is -2.52. The maximum atomic E-state index is 5.24. The van der Waals surface area contributed by atoms with Gasteiger partial charge < -0.3 is 14.8 Å². The molecule has 19 heavy (non-hydrogen) atoms. The standard InChI is InChI=1S/C15H32N2O2/c1-13(2)16-12-14-6-7-15(14)17(9-11-19-4)8-5-10-18-3/h13-16H,5-12H2,1-4H3. The second kappa shape index (κ2) is 9.70. The Balaban J connectivity index is 2.35. The molecular formula is C15H32N2O2. The zero-order valence-electron chi connectivity index (χ0n) is 13.2. The van der Waals surface area contributed by atoms with Crippen molar-refractivity contribution >= 4 is 0 Å². The highest BCUT2D eigenvalue weighted by atomic mass is 16.5. The fourth-order valence-electron chi connectivity index (χ4n) is 2.72. The van der Waals surface area contributed by atoms with Gasteiger partial charge in [0.05, 0.1) is 6.61 Å². The lowest BCUT2D eigenvalue weighted by atomic mass is 9.78. The molecule has 0 heterocycles. The van der Waals surface area contributed by atoms with E-state index < -0.39 is 0 Å². The lowest BCUT2D eigenvalue weighted by Gasteiger charge is -2.45. The first-order valence-corrected chi connectivity index (χ1v) is 7.64. The molecule has 0 radical (unpaired) electrons. The molecule has 0 saturated heterocycles. The van der Waals surface area contributed by atoms with Gasteiger partial charge in [0.25, 0.3) is 0 Å². The molecule has 0 aliphatic heterocycles. The van der Waals surface area contributed by atoms with Crippen molar-refractivity contribution in [2.75, 3.05) is 47.1 Å². The molecular weight excluding hydrogens is 240 g/mol. The largest absolute Gasteiger partial charge is 0.385 e. The van der Waals surface area contributed by atoms with E-state index in [0.29, 0.717) is 6.04 Å². The van der Waals surface area contributed by atoms with E-state index in [0.717, 1.165) is 51.2 Å². The molecule has 0 spiro atoms. The molecule has 0 aromatic rings. The molecule has 1 fully saturated rings. The van der Waals surface area contributed by atoms with Crippen LogP contribution in [0, 0.1) is 5.92 Å². The Morgan fingerprint density at radius 3 is 2.37 bits per heavy atom. The van der Waals surface area contributed by atoms with Gasteiger partial charge >= 0.3 is 0 Å². The molecule has 4 nitrogen and oxygen atoms in total. The number of hydrogen-bond donors (Lipinski definition) is 1. The van der Waals surface area contributed by atoms with Gasteiger partial charge in [0, 0.05) is 46.0 Å². The minimum absolute atomic E-state index is 0.585. The van der Waals surface area contributed by atoms with Gasteiger partial charge in [-0.15, -0.1) is 0 Å². The first kappa shape index (κ1) is 16.9. The Kier molecular flexibility index (Phi) is 8.62. The summed E-state index contributed by atoms with van der Waals surface area (Å²) in [6, 6.07) is 1.32. The van der Waals surface area contributed by atoms with Crippen LogP contribution < -0.4 is 5.32 Å². The number of ether oxygens (including phenoxy) is 2. The third-order valence-electron chi connectivity index (χ3n) is 4.01. The second-order valence-electron chi connectivity index (χ2n) is 5.84. The van der Waals surface area contributed by atoms with E-state index in [1.165, 1.54) is 12.8 Å². The van der Waals surface area contributed by atoms with Crippen LogP contribution >= 0.6 is 0 Å². The molecule has 1 saturated carbocycles. The maximum absolute atomic E-state index is 5.24. The van der Waals surface area contributed by atoms with E-state index in [4.69, 9.17) is 9.47 Å². The highest BCUT2D eigenvalue weighted by molar-refractivity contribution is 4.90. The Labute approximate surface area is 118 Å². The van der Waals surface area contributed by atoms with Gasteiger partial charge in [-0.1, -0.05) is 13.8 Å². The van der Waals surface area contributed by atoms with Crippen molar-refractivity contribution in [3.8, 4) is 0 Å². The van der Waals surface area contributed by atoms with Crippen LogP contribution in [-0.2, 0) is 9.47 Å². The predicted molar refractivity (Wildman–Crippen MR) is 79.6 cm³/mol. The van der Waals surface area contributed by atoms with Crippen LogP contribution in [0.25, 0.3) is 0 Å². The van der Waals surface area contributed by atoms with Gasteiger partial charge in [0.1, 0.15) is 0 Å². The van der Waals surface area contributed by atoms with E-state index in [2.05, 4.69) is 24.1 Å². The van der Waals surface area contributed by atoms with Crippen LogP contribution in [0.3, 0.4) is 0 Å². The summed E-state index contributed by atoms with van der Waals surface area (Å²) in [5.41, 5.74) is 0. The minimum atomic E-state index is 0.585. The second-order valence-corrected chi connectivity index (χ2v) is 5.84. The highest BCUT2D eigenvalue weighted by Gasteiger charge is 2.34. The smallest absolute Gasteiger partial charge is 0.0589 e. The van der Waals surface area contributed by atoms with E-state index in [1.54, 1.807) is 14.2 Å². The normalized spacial score (nSPS) is 23.1. The van der Waals surface area contributed by atoms with Crippen LogP contribution in [0.1, 0.15) is 33.1 Å². The monoisotopic (exact) mass is 272 g/mol. The van der Waals surface area contributed by atoms with E-state index in [9.17, 15) is 0 Å². The molecule has 1 aliphatic carbocycles. The third kappa shape index (κ3) is 6.21.